The van der Waals surface area contributed by atoms with E-state index in [0.29, 0.717) is 0 Å². The van der Waals surface area contributed by atoms with E-state index >= 15 is 0 Å². The third kappa shape index (κ3) is 2.84. The molecule has 1 aliphatic heterocycles. The van der Waals surface area contributed by atoms with Gasteiger partial charge < -0.3 is 4.90 Å². The Bertz CT molecular complexity index is 390. The normalized spacial score (nSPS) is 18.6. The van der Waals surface area contributed by atoms with Gasteiger partial charge in [0.25, 0.3) is 0 Å². The quantitative estimate of drug-likeness (QED) is 0.642. The minimum atomic E-state index is -4.58. The summed E-state index contributed by atoms with van der Waals surface area (Å²) in [6.07, 6.45) is -7.56. The Hall–Kier alpha value is -0.660. The summed E-state index contributed by atoms with van der Waals surface area (Å²) in [6.45, 7) is 1.38. The lowest BCUT2D eigenvalue weighted by molar-refractivity contribution is -0.211. The number of halogens is 7. The van der Waals surface area contributed by atoms with Crippen molar-refractivity contribution in [3.05, 3.63) is 22.3 Å². The first-order chi connectivity index (χ1) is 7.87. The van der Waals surface area contributed by atoms with Crippen LogP contribution in [0.1, 0.15) is 13.8 Å². The van der Waals surface area contributed by atoms with Gasteiger partial charge >= 0.3 is 12.4 Å². The minimum Gasteiger partial charge on any atom is -0.359 e. The Labute approximate surface area is 108 Å². The van der Waals surface area contributed by atoms with Crippen LogP contribution in [0.4, 0.5) is 26.3 Å². The van der Waals surface area contributed by atoms with Crippen molar-refractivity contribution in [3.8, 4) is 0 Å². The summed E-state index contributed by atoms with van der Waals surface area (Å²) in [7, 11) is 0. The zero-order valence-electron chi connectivity index (χ0n) is 9.45. The van der Waals surface area contributed by atoms with Crippen LogP contribution >= 0.6 is 15.9 Å². The first-order valence-corrected chi connectivity index (χ1v) is 5.65. The molecule has 0 aromatic rings. The topological polar surface area (TPSA) is 3.24 Å². The van der Waals surface area contributed by atoms with Crippen LogP contribution in [0.2, 0.25) is 0 Å². The molecule has 1 nitrogen and oxygen atoms in total. The van der Waals surface area contributed by atoms with Crippen molar-refractivity contribution in [2.45, 2.75) is 31.7 Å². The number of alkyl halides is 6. The van der Waals surface area contributed by atoms with E-state index in [1.165, 1.54) is 0 Å². The summed E-state index contributed by atoms with van der Waals surface area (Å²) in [5, 5.41) is 0. The lowest BCUT2D eigenvalue weighted by atomic mass is 10.0. The lowest BCUT2D eigenvalue weighted by Gasteiger charge is -2.40. The number of hydrogen-bond acceptors (Lipinski definition) is 1. The average Bonchev–Trinajstić information content (AvgIpc) is 2.13. The Morgan fingerprint density at radius 2 is 1.61 bits per heavy atom. The van der Waals surface area contributed by atoms with Gasteiger partial charge in [-0.25, -0.2) is 0 Å². The second kappa shape index (κ2) is 4.47. The van der Waals surface area contributed by atoms with Crippen molar-refractivity contribution >= 4 is 15.9 Å². The van der Waals surface area contributed by atoms with Crippen LogP contribution in [0.5, 0.6) is 0 Å². The van der Waals surface area contributed by atoms with E-state index in [0.717, 1.165) is 31.0 Å². The van der Waals surface area contributed by atoms with E-state index < -0.39 is 34.5 Å². The maximum atomic E-state index is 12.7. The van der Waals surface area contributed by atoms with Gasteiger partial charge in [-0.05, 0) is 29.8 Å². The first kappa shape index (κ1) is 15.4. The molecule has 0 atom stereocenters. The summed E-state index contributed by atoms with van der Waals surface area (Å²) >= 11 is 2.65. The van der Waals surface area contributed by atoms with Gasteiger partial charge in [0.2, 0.25) is 0 Å². The maximum Gasteiger partial charge on any atom is 0.417 e. The van der Waals surface area contributed by atoms with Crippen molar-refractivity contribution in [1.29, 1.82) is 0 Å². The second-order valence-electron chi connectivity index (χ2n) is 4.30. The molecular weight excluding hydrogens is 328 g/mol. The Morgan fingerprint density at radius 1 is 1.11 bits per heavy atom. The van der Waals surface area contributed by atoms with Crippen LogP contribution in [0, 0.1) is 0 Å². The van der Waals surface area contributed by atoms with Gasteiger partial charge in [0.05, 0.1) is 5.57 Å². The number of hydrogen-bond donors (Lipinski definition) is 0. The zero-order valence-corrected chi connectivity index (χ0v) is 11.0. The van der Waals surface area contributed by atoms with Crippen molar-refractivity contribution in [3.63, 3.8) is 0 Å². The van der Waals surface area contributed by atoms with E-state index in [-0.39, 0.29) is 0 Å². The predicted octanol–water partition coefficient (Wildman–Crippen LogP) is 4.37. The predicted molar refractivity (Wildman–Crippen MR) is 58.0 cm³/mol. The van der Waals surface area contributed by atoms with Crippen molar-refractivity contribution in [2.24, 2.45) is 0 Å². The number of allylic oxidation sites excluding steroid dienone is 2. The molecule has 0 amide bonds. The molecule has 0 saturated carbocycles. The standard InChI is InChI=1S/C10H10BrF6N/c1-8(2,10(15,16)17)18-4-3-6(7(11)5-18)9(12,13)14/h3,5H,4H2,1-2H3. The fourth-order valence-electron chi connectivity index (χ4n) is 1.35. The minimum absolute atomic E-state index is 0.404. The monoisotopic (exact) mass is 337 g/mol. The van der Waals surface area contributed by atoms with E-state index in [1.54, 1.807) is 0 Å². The highest BCUT2D eigenvalue weighted by Crippen LogP contribution is 2.41. The fourth-order valence-corrected chi connectivity index (χ4v) is 1.98. The zero-order chi connectivity index (χ0) is 14.4. The Morgan fingerprint density at radius 3 is 1.94 bits per heavy atom. The molecule has 0 aliphatic carbocycles. The molecule has 0 bridgehead atoms. The average molecular weight is 338 g/mol. The smallest absolute Gasteiger partial charge is 0.359 e. The van der Waals surface area contributed by atoms with Crippen molar-refractivity contribution in [2.75, 3.05) is 6.54 Å². The maximum absolute atomic E-state index is 12.7. The Kier molecular flexibility index (Phi) is 3.82. The van der Waals surface area contributed by atoms with Gasteiger partial charge in [-0.3, -0.25) is 0 Å². The van der Waals surface area contributed by atoms with Gasteiger partial charge in [-0.15, -0.1) is 0 Å². The van der Waals surface area contributed by atoms with Crippen LogP contribution in [-0.2, 0) is 0 Å². The summed E-state index contributed by atoms with van der Waals surface area (Å²) in [4.78, 5) is 0.812. The van der Waals surface area contributed by atoms with Crippen LogP contribution in [0.15, 0.2) is 22.3 Å². The molecule has 0 fully saturated rings. The third-order valence-corrected chi connectivity index (χ3v) is 3.37. The molecule has 1 rings (SSSR count). The molecule has 0 saturated heterocycles. The molecule has 0 spiro atoms. The fraction of sp³-hybridized carbons (Fsp3) is 0.600. The molecule has 0 N–H and O–H groups in total. The summed E-state index contributed by atoms with van der Waals surface area (Å²) in [5.74, 6) is 0. The summed E-state index contributed by atoms with van der Waals surface area (Å²) in [5.41, 5.74) is -3.20. The van der Waals surface area contributed by atoms with Gasteiger partial charge in [0, 0.05) is 17.2 Å². The molecule has 0 unspecified atom stereocenters. The van der Waals surface area contributed by atoms with Crippen molar-refractivity contribution < 1.29 is 26.3 Å². The summed E-state index contributed by atoms with van der Waals surface area (Å²) < 4.78 is 75.2. The lowest BCUT2D eigenvalue weighted by Crippen LogP contribution is -2.53. The van der Waals surface area contributed by atoms with Gasteiger partial charge in [0.15, 0.2) is 0 Å². The highest BCUT2D eigenvalue weighted by molar-refractivity contribution is 9.12. The molecule has 0 radical (unpaired) electrons. The van der Waals surface area contributed by atoms with E-state index in [1.807, 2.05) is 0 Å². The first-order valence-electron chi connectivity index (χ1n) is 4.86. The molecule has 104 valence electrons. The van der Waals surface area contributed by atoms with Crippen LogP contribution < -0.4 is 0 Å². The molecule has 0 aromatic carbocycles. The molecular formula is C10H10BrF6N. The number of nitrogens with zero attached hydrogens (tertiary/aromatic N) is 1. The molecule has 0 aromatic heterocycles. The third-order valence-electron chi connectivity index (χ3n) is 2.74. The number of rotatable bonds is 1. The van der Waals surface area contributed by atoms with Crippen LogP contribution in [0.25, 0.3) is 0 Å². The van der Waals surface area contributed by atoms with Gasteiger partial charge in [-0.2, -0.15) is 26.3 Å². The SMILES string of the molecule is CC(C)(N1C=C(Br)C(C(F)(F)F)=CC1)C(F)(F)F. The van der Waals surface area contributed by atoms with Gasteiger partial charge in [0.1, 0.15) is 5.54 Å². The largest absolute Gasteiger partial charge is 0.417 e. The Balaban J connectivity index is 3.02. The second-order valence-corrected chi connectivity index (χ2v) is 5.16. The summed E-state index contributed by atoms with van der Waals surface area (Å²) in [6, 6.07) is 0. The van der Waals surface area contributed by atoms with Crippen molar-refractivity contribution in [1.82, 2.24) is 4.90 Å². The molecule has 8 heteroatoms. The van der Waals surface area contributed by atoms with E-state index in [9.17, 15) is 26.3 Å². The highest BCUT2D eigenvalue weighted by atomic mass is 79.9. The molecule has 1 heterocycles. The molecule has 1 aliphatic rings. The highest BCUT2D eigenvalue weighted by Gasteiger charge is 2.51. The van der Waals surface area contributed by atoms with Crippen LogP contribution in [0.3, 0.4) is 0 Å². The molecule has 18 heavy (non-hydrogen) atoms. The van der Waals surface area contributed by atoms with Gasteiger partial charge in [-0.1, -0.05) is 6.08 Å². The van der Waals surface area contributed by atoms with E-state index in [2.05, 4.69) is 15.9 Å². The van der Waals surface area contributed by atoms with E-state index in [4.69, 9.17) is 0 Å². The van der Waals surface area contributed by atoms with Crippen LogP contribution in [-0.4, -0.2) is 29.3 Å².